The summed E-state index contributed by atoms with van der Waals surface area (Å²) in [5.41, 5.74) is 6.83. The van der Waals surface area contributed by atoms with E-state index >= 15 is 0 Å². The van der Waals surface area contributed by atoms with Gasteiger partial charge in [0.2, 0.25) is 35.4 Å². The Labute approximate surface area is 286 Å². The van der Waals surface area contributed by atoms with Crippen LogP contribution in [0.25, 0.3) is 0 Å². The molecule has 1 aromatic rings. The zero-order valence-corrected chi connectivity index (χ0v) is 28.3. The number of benzene rings is 1. The van der Waals surface area contributed by atoms with Crippen LogP contribution in [0.15, 0.2) is 30.3 Å². The summed E-state index contributed by atoms with van der Waals surface area (Å²) >= 11 is 0. The van der Waals surface area contributed by atoms with Crippen LogP contribution < -0.4 is 21.7 Å². The number of carbonyl (C=O) groups excluding carboxylic acids is 6. The first-order chi connectivity index (χ1) is 23.4. The van der Waals surface area contributed by atoms with Gasteiger partial charge in [-0.2, -0.15) is 0 Å². The molecule has 6 N–H and O–H groups in total. The molecule has 3 heterocycles. The summed E-state index contributed by atoms with van der Waals surface area (Å²) in [4.78, 5) is 94.8. The molecule has 268 valence electrons. The zero-order valence-electron chi connectivity index (χ0n) is 28.3. The maximum atomic E-state index is 13.9. The van der Waals surface area contributed by atoms with E-state index in [-0.39, 0.29) is 24.3 Å². The minimum atomic E-state index is -1.06. The summed E-state index contributed by atoms with van der Waals surface area (Å²) in [5.74, 6) is -3.90. The van der Waals surface area contributed by atoms with Crippen LogP contribution in [0.1, 0.15) is 64.4 Å². The van der Waals surface area contributed by atoms with Crippen LogP contribution in [-0.4, -0.2) is 124 Å². The van der Waals surface area contributed by atoms with Crippen molar-refractivity contribution in [1.82, 2.24) is 30.7 Å². The van der Waals surface area contributed by atoms with Crippen molar-refractivity contribution in [3.05, 3.63) is 35.9 Å². The number of nitrogens with one attached hydrogen (secondary N) is 3. The number of nitrogens with zero attached hydrogens (tertiary/aromatic N) is 3. The Morgan fingerprint density at radius 2 is 1.31 bits per heavy atom. The van der Waals surface area contributed by atoms with Gasteiger partial charge < -0.3 is 41.5 Å². The second kappa shape index (κ2) is 17.2. The number of likely N-dealkylation sites (tertiary alicyclic amines) is 3. The van der Waals surface area contributed by atoms with E-state index in [0.29, 0.717) is 71.0 Å². The minimum absolute atomic E-state index is 0.0131. The summed E-state index contributed by atoms with van der Waals surface area (Å²) in [5, 5.41) is 17.2. The van der Waals surface area contributed by atoms with Crippen LogP contribution in [0.3, 0.4) is 0 Å². The third kappa shape index (κ3) is 9.77. The smallest absolute Gasteiger partial charge is 0.326 e. The molecular weight excluding hydrogens is 634 g/mol. The lowest BCUT2D eigenvalue weighted by Crippen LogP contribution is -2.57. The fourth-order valence-electron chi connectivity index (χ4n) is 6.88. The zero-order chi connectivity index (χ0) is 35.7. The monoisotopic (exact) mass is 683 g/mol. The molecule has 0 unspecified atom stereocenters. The molecule has 0 bridgehead atoms. The first-order valence-electron chi connectivity index (χ1n) is 17.1. The van der Waals surface area contributed by atoms with Gasteiger partial charge in [0.25, 0.3) is 0 Å². The molecular formula is C34H49N7O8. The van der Waals surface area contributed by atoms with Gasteiger partial charge in [-0.25, -0.2) is 4.79 Å². The quantitative estimate of drug-likeness (QED) is 0.169. The number of hydrogen-bond donors (Lipinski definition) is 5. The van der Waals surface area contributed by atoms with Gasteiger partial charge in [0.05, 0.1) is 19.1 Å². The molecule has 6 amide bonds. The fraction of sp³-hybridized carbons (Fsp3) is 0.618. The highest BCUT2D eigenvalue weighted by Crippen LogP contribution is 2.29. The van der Waals surface area contributed by atoms with Gasteiger partial charge in [-0.1, -0.05) is 44.2 Å². The molecule has 0 saturated carbocycles. The maximum Gasteiger partial charge on any atom is 0.326 e. The molecule has 0 spiro atoms. The standard InChI is InChI=1S/C34H49N7O8/c1-21(2)17-24(38-29(43)20-36-28(42)19-37-30(44)23(35)18-22-9-4-3-5-10-22)31(45)39-14-6-11-25(39)32(46)40-15-7-12-26(40)33(47)41-16-8-13-27(41)34(48)49/h3-5,9-10,21,23-27H,6-8,11-20,35H2,1-2H3,(H,36,42)(H,37,44)(H,38,43)(H,48,49)/t23-,24-,25-,26-,27-/m0/s1. The molecule has 0 aliphatic carbocycles. The normalized spacial score (nSPS) is 21.7. The van der Waals surface area contributed by atoms with E-state index < -0.39 is 66.4 Å². The van der Waals surface area contributed by atoms with Gasteiger partial charge in [-0.15, -0.1) is 0 Å². The van der Waals surface area contributed by atoms with Crippen molar-refractivity contribution in [2.24, 2.45) is 11.7 Å². The van der Waals surface area contributed by atoms with E-state index in [1.165, 1.54) is 14.7 Å². The Balaban J connectivity index is 1.30. The summed E-state index contributed by atoms with van der Waals surface area (Å²) in [7, 11) is 0. The number of rotatable bonds is 14. The number of carbonyl (C=O) groups is 7. The SMILES string of the molecule is CC(C)C[C@H](NC(=O)CNC(=O)CNC(=O)[C@@H](N)Cc1ccccc1)C(=O)N1CCC[C@H]1C(=O)N1CCC[C@H]1C(=O)N1CCC[C@H]1C(=O)O. The average Bonchev–Trinajstić information content (AvgIpc) is 3.86. The van der Waals surface area contributed by atoms with Gasteiger partial charge in [0.1, 0.15) is 24.2 Å². The van der Waals surface area contributed by atoms with Crippen molar-refractivity contribution in [3.8, 4) is 0 Å². The van der Waals surface area contributed by atoms with Crippen LogP contribution in [0, 0.1) is 5.92 Å². The Morgan fingerprint density at radius 1 is 0.776 bits per heavy atom. The molecule has 3 aliphatic rings. The number of amides is 6. The first kappa shape index (κ1) is 37.3. The molecule has 5 atom stereocenters. The summed E-state index contributed by atoms with van der Waals surface area (Å²) < 4.78 is 0. The fourth-order valence-corrected chi connectivity index (χ4v) is 6.88. The molecule has 15 heteroatoms. The van der Waals surface area contributed by atoms with Crippen LogP contribution >= 0.6 is 0 Å². The van der Waals surface area contributed by atoms with Crippen molar-refractivity contribution in [1.29, 1.82) is 0 Å². The lowest BCUT2D eigenvalue weighted by Gasteiger charge is -2.34. The molecule has 0 aromatic heterocycles. The van der Waals surface area contributed by atoms with Crippen LogP contribution in [0.4, 0.5) is 0 Å². The Hall–Kier alpha value is -4.53. The third-order valence-electron chi connectivity index (χ3n) is 9.31. The Bertz CT molecular complexity index is 1390. The predicted octanol–water partition coefficient (Wildman–Crippen LogP) is -0.623. The third-order valence-corrected chi connectivity index (χ3v) is 9.31. The molecule has 3 fully saturated rings. The lowest BCUT2D eigenvalue weighted by molar-refractivity contribution is -0.153. The van der Waals surface area contributed by atoms with E-state index in [0.717, 1.165) is 5.56 Å². The number of nitrogens with two attached hydrogens (primary N) is 1. The maximum absolute atomic E-state index is 13.9. The molecule has 15 nitrogen and oxygen atoms in total. The van der Waals surface area contributed by atoms with Crippen LogP contribution in [-0.2, 0) is 40.0 Å². The van der Waals surface area contributed by atoms with E-state index in [9.17, 15) is 38.7 Å². The average molecular weight is 684 g/mol. The van der Waals surface area contributed by atoms with Crippen molar-refractivity contribution >= 4 is 41.4 Å². The highest BCUT2D eigenvalue weighted by Gasteiger charge is 2.46. The number of carboxylic acids is 1. The highest BCUT2D eigenvalue weighted by molar-refractivity contribution is 5.96. The second-order valence-electron chi connectivity index (χ2n) is 13.4. The molecule has 0 radical (unpaired) electrons. The van der Waals surface area contributed by atoms with Crippen molar-refractivity contribution in [2.45, 2.75) is 95.4 Å². The second-order valence-corrected chi connectivity index (χ2v) is 13.4. The highest BCUT2D eigenvalue weighted by atomic mass is 16.4. The molecule has 49 heavy (non-hydrogen) atoms. The van der Waals surface area contributed by atoms with E-state index in [1.54, 1.807) is 0 Å². The van der Waals surface area contributed by atoms with E-state index in [2.05, 4.69) is 16.0 Å². The Kier molecular flexibility index (Phi) is 13.1. The first-order valence-corrected chi connectivity index (χ1v) is 17.1. The summed E-state index contributed by atoms with van der Waals surface area (Å²) in [6, 6.07) is 4.93. The molecule has 3 saturated heterocycles. The summed E-state index contributed by atoms with van der Waals surface area (Å²) in [6.07, 6.45) is 3.55. The van der Waals surface area contributed by atoms with Gasteiger partial charge in [0, 0.05) is 19.6 Å². The molecule has 4 rings (SSSR count). The minimum Gasteiger partial charge on any atom is -0.480 e. The number of aliphatic carboxylic acids is 1. The van der Waals surface area contributed by atoms with Crippen molar-refractivity contribution in [3.63, 3.8) is 0 Å². The molecule has 3 aliphatic heterocycles. The van der Waals surface area contributed by atoms with Gasteiger partial charge in [-0.05, 0) is 62.8 Å². The van der Waals surface area contributed by atoms with E-state index in [4.69, 9.17) is 5.73 Å². The van der Waals surface area contributed by atoms with Crippen molar-refractivity contribution < 1.29 is 38.7 Å². The van der Waals surface area contributed by atoms with Gasteiger partial charge in [-0.3, -0.25) is 28.8 Å². The van der Waals surface area contributed by atoms with Gasteiger partial charge in [0.15, 0.2) is 0 Å². The molecule has 1 aromatic carbocycles. The van der Waals surface area contributed by atoms with Crippen LogP contribution in [0.2, 0.25) is 0 Å². The predicted molar refractivity (Wildman–Crippen MR) is 177 cm³/mol. The summed E-state index contributed by atoms with van der Waals surface area (Å²) in [6.45, 7) is 3.96. The largest absolute Gasteiger partial charge is 0.480 e. The topological polar surface area (TPSA) is 212 Å². The van der Waals surface area contributed by atoms with E-state index in [1.807, 2.05) is 44.2 Å². The number of carboxylic acid groups (broad SMARTS) is 1. The van der Waals surface area contributed by atoms with Crippen LogP contribution in [0.5, 0.6) is 0 Å². The van der Waals surface area contributed by atoms with Crippen molar-refractivity contribution in [2.75, 3.05) is 32.7 Å². The van der Waals surface area contributed by atoms with Gasteiger partial charge >= 0.3 is 5.97 Å². The number of hydrogen-bond acceptors (Lipinski definition) is 8. The lowest BCUT2D eigenvalue weighted by atomic mass is 10.0. The Morgan fingerprint density at radius 3 is 1.90 bits per heavy atom.